The Bertz CT molecular complexity index is 308. The van der Waals surface area contributed by atoms with Crippen LogP contribution in [0.5, 0.6) is 0 Å². The van der Waals surface area contributed by atoms with E-state index in [1.54, 1.807) is 11.3 Å². The highest BCUT2D eigenvalue weighted by Gasteiger charge is 1.95. The van der Waals surface area contributed by atoms with Gasteiger partial charge in [0.25, 0.3) is 0 Å². The minimum absolute atomic E-state index is 0.802. The zero-order chi connectivity index (χ0) is 15.7. The molecular weight excluding hydrogens is 288 g/mol. The lowest BCUT2D eigenvalue weighted by Gasteiger charge is -2.04. The van der Waals surface area contributed by atoms with E-state index >= 15 is 0 Å². The van der Waals surface area contributed by atoms with Crippen LogP contribution in [-0.2, 0) is 11.3 Å². The molecule has 0 saturated carbocycles. The van der Waals surface area contributed by atoms with E-state index in [1.165, 1.54) is 88.3 Å². The van der Waals surface area contributed by atoms with Gasteiger partial charge in [-0.2, -0.15) is 0 Å². The van der Waals surface area contributed by atoms with E-state index in [1.807, 2.05) is 0 Å². The number of hydrogen-bond acceptors (Lipinski definition) is 2. The van der Waals surface area contributed by atoms with Gasteiger partial charge in [0.15, 0.2) is 0 Å². The van der Waals surface area contributed by atoms with Crippen molar-refractivity contribution in [2.24, 2.45) is 0 Å². The molecule has 0 aliphatic rings. The Morgan fingerprint density at radius 1 is 0.773 bits per heavy atom. The van der Waals surface area contributed by atoms with E-state index in [0.717, 1.165) is 13.2 Å². The fraction of sp³-hybridized carbons (Fsp3) is 0.800. The van der Waals surface area contributed by atoms with Crippen molar-refractivity contribution in [1.29, 1.82) is 0 Å². The van der Waals surface area contributed by atoms with Crippen LogP contribution in [0.2, 0.25) is 0 Å². The summed E-state index contributed by atoms with van der Waals surface area (Å²) < 4.78 is 5.69. The molecule has 0 aliphatic carbocycles. The maximum absolute atomic E-state index is 5.69. The lowest BCUT2D eigenvalue weighted by Crippen LogP contribution is -1.93. The van der Waals surface area contributed by atoms with Crippen molar-refractivity contribution in [2.75, 3.05) is 6.61 Å². The van der Waals surface area contributed by atoms with Gasteiger partial charge in [-0.05, 0) is 17.9 Å². The summed E-state index contributed by atoms with van der Waals surface area (Å²) in [5.74, 6) is 0. The monoisotopic (exact) mass is 324 g/mol. The molecule has 0 atom stereocenters. The van der Waals surface area contributed by atoms with Crippen LogP contribution in [-0.4, -0.2) is 6.61 Å². The second-order valence-corrected chi connectivity index (χ2v) is 7.41. The fourth-order valence-corrected chi connectivity index (χ4v) is 3.43. The van der Waals surface area contributed by atoms with Crippen LogP contribution in [0, 0.1) is 0 Å². The van der Waals surface area contributed by atoms with Crippen molar-refractivity contribution in [1.82, 2.24) is 0 Å². The summed E-state index contributed by atoms with van der Waals surface area (Å²) >= 11 is 1.78. The minimum Gasteiger partial charge on any atom is -0.376 e. The van der Waals surface area contributed by atoms with Gasteiger partial charge in [-0.1, -0.05) is 90.0 Å². The smallest absolute Gasteiger partial charge is 0.0809 e. The molecule has 0 saturated heterocycles. The van der Waals surface area contributed by atoms with Crippen LogP contribution in [0.3, 0.4) is 0 Å². The lowest BCUT2D eigenvalue weighted by molar-refractivity contribution is 0.118. The summed E-state index contributed by atoms with van der Waals surface area (Å²) in [6.07, 6.45) is 18.3. The largest absolute Gasteiger partial charge is 0.376 e. The van der Waals surface area contributed by atoms with Crippen molar-refractivity contribution in [2.45, 2.75) is 97.0 Å². The van der Waals surface area contributed by atoms with Crippen molar-refractivity contribution in [3.63, 3.8) is 0 Å². The molecule has 0 aliphatic heterocycles. The first-order valence-electron chi connectivity index (χ1n) is 9.53. The van der Waals surface area contributed by atoms with Gasteiger partial charge in [0.05, 0.1) is 6.61 Å². The van der Waals surface area contributed by atoms with Gasteiger partial charge in [0.2, 0.25) is 0 Å². The Morgan fingerprint density at radius 3 is 1.82 bits per heavy atom. The summed E-state index contributed by atoms with van der Waals surface area (Å²) in [5.41, 5.74) is 0. The third-order valence-corrected chi connectivity index (χ3v) is 5.07. The topological polar surface area (TPSA) is 9.23 Å². The molecule has 1 heterocycles. The normalized spacial score (nSPS) is 11.1. The number of unbranched alkanes of at least 4 members (excludes halogenated alkanes) is 12. The van der Waals surface area contributed by atoms with Gasteiger partial charge in [0.1, 0.15) is 0 Å². The van der Waals surface area contributed by atoms with Gasteiger partial charge < -0.3 is 4.74 Å². The van der Waals surface area contributed by atoms with Gasteiger partial charge >= 0.3 is 0 Å². The maximum Gasteiger partial charge on any atom is 0.0809 e. The molecule has 0 fully saturated rings. The molecule has 1 aromatic rings. The molecule has 1 nitrogen and oxygen atoms in total. The molecular formula is C20H36OS. The summed E-state index contributed by atoms with van der Waals surface area (Å²) in [4.78, 5) is 1.34. The summed E-state index contributed by atoms with van der Waals surface area (Å²) in [6, 6.07) is 4.24. The van der Waals surface area contributed by atoms with E-state index in [-0.39, 0.29) is 0 Å². The lowest BCUT2D eigenvalue weighted by atomic mass is 10.0. The van der Waals surface area contributed by atoms with Crippen molar-refractivity contribution >= 4 is 11.3 Å². The quantitative estimate of drug-likeness (QED) is 0.289. The maximum atomic E-state index is 5.69. The summed E-state index contributed by atoms with van der Waals surface area (Å²) in [5, 5.41) is 2.11. The molecule has 0 amide bonds. The van der Waals surface area contributed by atoms with E-state index in [4.69, 9.17) is 4.74 Å². The average molecular weight is 325 g/mol. The molecule has 0 spiro atoms. The number of hydrogen-bond donors (Lipinski definition) is 0. The predicted octanol–water partition coefficient (Wildman–Crippen LogP) is 7.36. The van der Waals surface area contributed by atoms with Crippen LogP contribution >= 0.6 is 11.3 Å². The van der Waals surface area contributed by atoms with E-state index < -0.39 is 0 Å². The van der Waals surface area contributed by atoms with Gasteiger partial charge in [-0.25, -0.2) is 0 Å². The number of rotatable bonds is 16. The first-order valence-corrected chi connectivity index (χ1v) is 10.4. The zero-order valence-corrected chi connectivity index (χ0v) is 15.5. The Morgan fingerprint density at radius 2 is 1.32 bits per heavy atom. The Kier molecular flexibility index (Phi) is 13.9. The molecule has 2 heteroatoms. The highest BCUT2D eigenvalue weighted by atomic mass is 32.1. The second kappa shape index (κ2) is 15.6. The Hall–Kier alpha value is -0.340. The highest BCUT2D eigenvalue weighted by molar-refractivity contribution is 7.09. The van der Waals surface area contributed by atoms with Crippen LogP contribution in [0.15, 0.2) is 17.5 Å². The van der Waals surface area contributed by atoms with Crippen LogP contribution in [0.1, 0.15) is 95.3 Å². The first-order chi connectivity index (χ1) is 10.9. The SMILES string of the molecule is CCCCCCCCCCCCCCCOCc1cccs1. The van der Waals surface area contributed by atoms with Gasteiger partial charge in [-0.15, -0.1) is 11.3 Å². The van der Waals surface area contributed by atoms with Crippen LogP contribution in [0.25, 0.3) is 0 Å². The molecule has 0 bridgehead atoms. The molecule has 0 N–H and O–H groups in total. The predicted molar refractivity (Wildman–Crippen MR) is 99.7 cm³/mol. The number of ether oxygens (including phenoxy) is 1. The summed E-state index contributed by atoms with van der Waals surface area (Å²) in [6.45, 7) is 4.02. The van der Waals surface area contributed by atoms with Crippen LogP contribution in [0.4, 0.5) is 0 Å². The average Bonchev–Trinajstić information content (AvgIpc) is 3.04. The highest BCUT2D eigenvalue weighted by Crippen LogP contribution is 2.13. The molecule has 1 rings (SSSR count). The molecule has 0 unspecified atom stereocenters. The Labute approximate surface area is 142 Å². The van der Waals surface area contributed by atoms with Crippen LogP contribution < -0.4 is 0 Å². The Balaban J connectivity index is 1.68. The summed E-state index contributed by atoms with van der Waals surface area (Å²) in [7, 11) is 0. The minimum atomic E-state index is 0.802. The van der Waals surface area contributed by atoms with E-state index in [0.29, 0.717) is 0 Å². The zero-order valence-electron chi connectivity index (χ0n) is 14.7. The second-order valence-electron chi connectivity index (χ2n) is 6.37. The van der Waals surface area contributed by atoms with Crippen molar-refractivity contribution in [3.8, 4) is 0 Å². The molecule has 0 aromatic carbocycles. The fourth-order valence-electron chi connectivity index (χ4n) is 2.79. The number of thiophene rings is 1. The first kappa shape index (κ1) is 19.7. The molecule has 22 heavy (non-hydrogen) atoms. The van der Waals surface area contributed by atoms with Gasteiger partial charge in [-0.3, -0.25) is 0 Å². The van der Waals surface area contributed by atoms with E-state index in [2.05, 4.69) is 24.4 Å². The molecule has 128 valence electrons. The molecule has 0 radical (unpaired) electrons. The van der Waals surface area contributed by atoms with Crippen molar-refractivity contribution in [3.05, 3.63) is 22.4 Å². The molecule has 1 aromatic heterocycles. The van der Waals surface area contributed by atoms with Gasteiger partial charge in [0, 0.05) is 11.5 Å². The standard InChI is InChI=1S/C20H36OS/c1-2-3-4-5-6-7-8-9-10-11-12-13-14-17-21-19-20-16-15-18-22-20/h15-16,18H,2-14,17,19H2,1H3. The third kappa shape index (κ3) is 12.2. The third-order valence-electron chi connectivity index (χ3n) is 4.22. The van der Waals surface area contributed by atoms with E-state index in [9.17, 15) is 0 Å². The van der Waals surface area contributed by atoms with Crippen molar-refractivity contribution < 1.29 is 4.74 Å².